The first-order chi connectivity index (χ1) is 13.0. The molecule has 0 aliphatic carbocycles. The Bertz CT molecular complexity index is 891. The molecule has 2 N–H and O–H groups in total. The molecule has 1 atom stereocenters. The van der Waals surface area contributed by atoms with Crippen molar-refractivity contribution >= 4 is 23.2 Å². The molecule has 0 aliphatic rings. The van der Waals surface area contributed by atoms with Crippen LogP contribution in [0.15, 0.2) is 54.6 Å². The molecule has 8 heteroatoms. The van der Waals surface area contributed by atoms with Crippen LogP contribution in [0.4, 0.5) is 0 Å². The Morgan fingerprint density at radius 2 is 2.11 bits per heavy atom. The van der Waals surface area contributed by atoms with Gasteiger partial charge in [0.15, 0.2) is 0 Å². The maximum absolute atomic E-state index is 12.6. The average molecular weight is 383 g/mol. The van der Waals surface area contributed by atoms with E-state index in [1.165, 1.54) is 11.3 Å². The van der Waals surface area contributed by atoms with Crippen LogP contribution in [0.2, 0.25) is 0 Å². The third-order valence-electron chi connectivity index (χ3n) is 4.03. The second-order valence-electron chi connectivity index (χ2n) is 6.38. The summed E-state index contributed by atoms with van der Waals surface area (Å²) in [4.78, 5) is 33.8. The van der Waals surface area contributed by atoms with Gasteiger partial charge in [-0.1, -0.05) is 19.9 Å². The maximum atomic E-state index is 12.6. The molecule has 2 amide bonds. The quantitative estimate of drug-likeness (QED) is 0.656. The van der Waals surface area contributed by atoms with Crippen molar-refractivity contribution in [1.82, 2.24) is 25.2 Å². The molecular formula is C19H21N5O2S. The number of aromatic nitrogens is 3. The van der Waals surface area contributed by atoms with Gasteiger partial charge in [-0.05, 0) is 35.1 Å². The summed E-state index contributed by atoms with van der Waals surface area (Å²) in [6.07, 6.45) is 6.84. The second-order valence-corrected chi connectivity index (χ2v) is 7.33. The molecule has 27 heavy (non-hydrogen) atoms. The van der Waals surface area contributed by atoms with Crippen LogP contribution in [-0.2, 0) is 11.3 Å². The zero-order valence-electron chi connectivity index (χ0n) is 15.1. The van der Waals surface area contributed by atoms with Gasteiger partial charge < -0.3 is 10.6 Å². The number of carbonyl (C=O) groups is 2. The number of hydrogen-bond acceptors (Lipinski definition) is 5. The molecule has 3 heterocycles. The highest BCUT2D eigenvalue weighted by molar-refractivity contribution is 7.12. The van der Waals surface area contributed by atoms with E-state index in [1.54, 1.807) is 35.6 Å². The Hall–Kier alpha value is -3.00. The second kappa shape index (κ2) is 8.59. The van der Waals surface area contributed by atoms with Gasteiger partial charge in [0, 0.05) is 25.1 Å². The topological polar surface area (TPSA) is 88.9 Å². The van der Waals surface area contributed by atoms with Crippen LogP contribution < -0.4 is 10.6 Å². The summed E-state index contributed by atoms with van der Waals surface area (Å²) in [5, 5.41) is 7.56. The van der Waals surface area contributed by atoms with E-state index in [0.29, 0.717) is 11.4 Å². The van der Waals surface area contributed by atoms with Crippen LogP contribution in [0, 0.1) is 5.92 Å². The molecule has 1 unspecified atom stereocenters. The van der Waals surface area contributed by atoms with Crippen LogP contribution in [0.3, 0.4) is 0 Å². The molecule has 0 aromatic carbocycles. The monoisotopic (exact) mass is 383 g/mol. The summed E-state index contributed by atoms with van der Waals surface area (Å²) in [6.45, 7) is 4.16. The fourth-order valence-electron chi connectivity index (χ4n) is 2.56. The largest absolute Gasteiger partial charge is 0.350 e. The van der Waals surface area contributed by atoms with Crippen molar-refractivity contribution in [2.24, 2.45) is 5.92 Å². The minimum Gasteiger partial charge on any atom is -0.350 e. The van der Waals surface area contributed by atoms with Crippen molar-refractivity contribution in [2.45, 2.75) is 26.4 Å². The van der Waals surface area contributed by atoms with Crippen LogP contribution in [0.25, 0.3) is 5.82 Å². The molecule has 140 valence electrons. The lowest BCUT2D eigenvalue weighted by Crippen LogP contribution is -2.49. The number of nitrogens with zero attached hydrogens (tertiary/aromatic N) is 3. The molecule has 7 nitrogen and oxygen atoms in total. The zero-order valence-corrected chi connectivity index (χ0v) is 15.9. The smallest absolute Gasteiger partial charge is 0.262 e. The van der Waals surface area contributed by atoms with Crippen molar-refractivity contribution in [1.29, 1.82) is 0 Å². The molecular weight excluding hydrogens is 362 g/mol. The van der Waals surface area contributed by atoms with Crippen molar-refractivity contribution in [3.05, 3.63) is 65.0 Å². The Balaban J connectivity index is 1.63. The van der Waals surface area contributed by atoms with E-state index in [2.05, 4.69) is 20.6 Å². The number of nitrogens with one attached hydrogen (secondary N) is 2. The molecule has 0 saturated carbocycles. The number of pyridine rings is 1. The fourth-order valence-corrected chi connectivity index (χ4v) is 3.19. The van der Waals surface area contributed by atoms with Crippen molar-refractivity contribution in [2.75, 3.05) is 0 Å². The van der Waals surface area contributed by atoms with Gasteiger partial charge in [-0.2, -0.15) is 0 Å². The van der Waals surface area contributed by atoms with Gasteiger partial charge >= 0.3 is 0 Å². The minimum absolute atomic E-state index is 0.0344. The van der Waals surface area contributed by atoms with E-state index in [0.717, 1.165) is 11.4 Å². The van der Waals surface area contributed by atoms with E-state index >= 15 is 0 Å². The summed E-state index contributed by atoms with van der Waals surface area (Å²) in [7, 11) is 0. The van der Waals surface area contributed by atoms with E-state index in [9.17, 15) is 9.59 Å². The molecule has 3 rings (SSSR count). The van der Waals surface area contributed by atoms with Crippen molar-refractivity contribution < 1.29 is 9.59 Å². The summed E-state index contributed by atoms with van der Waals surface area (Å²) in [5.74, 6) is 0.250. The highest BCUT2D eigenvalue weighted by atomic mass is 32.1. The third kappa shape index (κ3) is 4.79. The first-order valence-corrected chi connectivity index (χ1v) is 9.48. The average Bonchev–Trinajstić information content (AvgIpc) is 3.38. The standard InChI is InChI=1S/C19H21N5O2S/c1-13(2)17(23-18(25)15-4-3-9-27-15)19(26)22-11-14-5-6-21-16(10-14)24-8-7-20-12-24/h3-10,12-13,17H,11H2,1-2H3,(H,22,26)(H,23,25). The summed E-state index contributed by atoms with van der Waals surface area (Å²) >= 11 is 1.35. The Labute approximate surface area is 161 Å². The molecule has 0 radical (unpaired) electrons. The lowest BCUT2D eigenvalue weighted by molar-refractivity contribution is -0.124. The predicted octanol–water partition coefficient (Wildman–Crippen LogP) is 2.40. The van der Waals surface area contributed by atoms with Crippen LogP contribution >= 0.6 is 11.3 Å². The normalized spacial score (nSPS) is 12.0. The Kier molecular flexibility index (Phi) is 5.97. The number of carbonyl (C=O) groups excluding carboxylic acids is 2. The SMILES string of the molecule is CC(C)C(NC(=O)c1cccs1)C(=O)NCc1ccnc(-n2ccnc2)c1. The molecule has 0 aliphatic heterocycles. The first-order valence-electron chi connectivity index (χ1n) is 8.60. The van der Waals surface area contributed by atoms with Crippen LogP contribution in [0.1, 0.15) is 29.1 Å². The number of imidazole rings is 1. The summed E-state index contributed by atoms with van der Waals surface area (Å²) in [5.41, 5.74) is 0.911. The van der Waals surface area contributed by atoms with E-state index in [4.69, 9.17) is 0 Å². The number of hydrogen-bond donors (Lipinski definition) is 2. The molecule has 0 bridgehead atoms. The molecule has 3 aromatic heterocycles. The fraction of sp³-hybridized carbons (Fsp3) is 0.263. The van der Waals surface area contributed by atoms with Crippen molar-refractivity contribution in [3.63, 3.8) is 0 Å². The summed E-state index contributed by atoms with van der Waals surface area (Å²) < 4.78 is 1.80. The zero-order chi connectivity index (χ0) is 19.2. The third-order valence-corrected chi connectivity index (χ3v) is 4.89. The van der Waals surface area contributed by atoms with Crippen molar-refractivity contribution in [3.8, 4) is 5.82 Å². The van der Waals surface area contributed by atoms with E-state index in [-0.39, 0.29) is 17.7 Å². The van der Waals surface area contributed by atoms with Gasteiger partial charge in [0.1, 0.15) is 18.2 Å². The number of thiophene rings is 1. The maximum Gasteiger partial charge on any atom is 0.262 e. The lowest BCUT2D eigenvalue weighted by atomic mass is 10.0. The predicted molar refractivity (Wildman–Crippen MR) is 104 cm³/mol. The molecule has 0 saturated heterocycles. The lowest BCUT2D eigenvalue weighted by Gasteiger charge is -2.21. The van der Waals surface area contributed by atoms with E-state index < -0.39 is 6.04 Å². The Morgan fingerprint density at radius 1 is 1.26 bits per heavy atom. The van der Waals surface area contributed by atoms with Gasteiger partial charge in [-0.15, -0.1) is 11.3 Å². The van der Waals surface area contributed by atoms with Gasteiger partial charge in [-0.3, -0.25) is 14.2 Å². The molecule has 0 spiro atoms. The summed E-state index contributed by atoms with van der Waals surface area (Å²) in [6, 6.07) is 6.68. The van der Waals surface area contributed by atoms with Gasteiger partial charge in [0.2, 0.25) is 5.91 Å². The minimum atomic E-state index is -0.602. The molecule has 0 fully saturated rings. The molecule has 3 aromatic rings. The Morgan fingerprint density at radius 3 is 2.78 bits per heavy atom. The van der Waals surface area contributed by atoms with Gasteiger partial charge in [0.05, 0.1) is 4.88 Å². The van der Waals surface area contributed by atoms with Gasteiger partial charge in [0.25, 0.3) is 5.91 Å². The van der Waals surface area contributed by atoms with Gasteiger partial charge in [-0.25, -0.2) is 9.97 Å². The van der Waals surface area contributed by atoms with Crippen LogP contribution in [-0.4, -0.2) is 32.4 Å². The first kappa shape index (κ1) is 18.8. The van der Waals surface area contributed by atoms with Crippen LogP contribution in [0.5, 0.6) is 0 Å². The highest BCUT2D eigenvalue weighted by Gasteiger charge is 2.24. The number of rotatable bonds is 7. The number of amides is 2. The highest BCUT2D eigenvalue weighted by Crippen LogP contribution is 2.11. The van der Waals surface area contributed by atoms with E-state index in [1.807, 2.05) is 37.4 Å².